The van der Waals surface area contributed by atoms with Gasteiger partial charge in [-0.15, -0.1) is 0 Å². The number of amides is 1. The molecule has 0 aliphatic rings. The third kappa shape index (κ3) is 5.56. The molecule has 0 bridgehead atoms. The number of benzene rings is 3. The van der Waals surface area contributed by atoms with Gasteiger partial charge in [0.2, 0.25) is 10.0 Å². The average Bonchev–Trinajstić information content (AvgIpc) is 2.78. The number of rotatable bonds is 7. The highest BCUT2D eigenvalue weighted by atomic mass is 32.2. The number of carbonyl (C=O) groups is 2. The summed E-state index contributed by atoms with van der Waals surface area (Å²) >= 11 is 0. The van der Waals surface area contributed by atoms with E-state index in [9.17, 15) is 18.0 Å². The SMILES string of the molecule is CN(C)S(=O)(=O)c1ccc(C(=O)OCC(=O)Nc2ccc(-c3ccccc3)cc2)cc1. The fourth-order valence-corrected chi connectivity index (χ4v) is 3.66. The Hall–Kier alpha value is -3.49. The Morgan fingerprint density at radius 1 is 0.839 bits per heavy atom. The van der Waals surface area contributed by atoms with Gasteiger partial charge in [0.15, 0.2) is 6.61 Å². The molecule has 3 aromatic carbocycles. The molecule has 0 radical (unpaired) electrons. The third-order valence-corrected chi connectivity index (χ3v) is 6.31. The standard InChI is InChI=1S/C23H22N2O5S/c1-25(2)31(28,29)21-14-10-19(11-15-21)23(27)30-16-22(26)24-20-12-8-18(9-13-20)17-6-4-3-5-7-17/h3-15H,16H2,1-2H3,(H,24,26). The number of sulfonamides is 1. The fourth-order valence-electron chi connectivity index (χ4n) is 2.76. The summed E-state index contributed by atoms with van der Waals surface area (Å²) in [7, 11) is -0.740. The van der Waals surface area contributed by atoms with Gasteiger partial charge in [0.1, 0.15) is 0 Å². The molecule has 8 heteroatoms. The minimum atomic E-state index is -3.58. The first-order valence-corrected chi connectivity index (χ1v) is 10.9. The average molecular weight is 439 g/mol. The normalized spacial score (nSPS) is 11.2. The fraction of sp³-hybridized carbons (Fsp3) is 0.130. The number of esters is 1. The zero-order valence-corrected chi connectivity index (χ0v) is 17.9. The lowest BCUT2D eigenvalue weighted by molar-refractivity contribution is -0.119. The van der Waals surface area contributed by atoms with E-state index in [1.54, 1.807) is 12.1 Å². The van der Waals surface area contributed by atoms with Crippen LogP contribution in [0.1, 0.15) is 10.4 Å². The largest absolute Gasteiger partial charge is 0.452 e. The zero-order valence-electron chi connectivity index (χ0n) is 17.1. The van der Waals surface area contributed by atoms with Crippen LogP contribution in [0.25, 0.3) is 11.1 Å². The topological polar surface area (TPSA) is 92.8 Å². The van der Waals surface area contributed by atoms with Crippen molar-refractivity contribution in [2.24, 2.45) is 0 Å². The van der Waals surface area contributed by atoms with Gasteiger partial charge >= 0.3 is 5.97 Å². The van der Waals surface area contributed by atoms with Crippen LogP contribution in [0.3, 0.4) is 0 Å². The maximum Gasteiger partial charge on any atom is 0.338 e. The molecule has 0 aliphatic heterocycles. The van der Waals surface area contributed by atoms with Crippen molar-refractivity contribution in [2.75, 3.05) is 26.0 Å². The molecule has 0 aliphatic carbocycles. The second-order valence-corrected chi connectivity index (χ2v) is 9.03. The van der Waals surface area contributed by atoms with Crippen molar-refractivity contribution in [2.45, 2.75) is 4.90 Å². The van der Waals surface area contributed by atoms with E-state index in [0.29, 0.717) is 5.69 Å². The molecule has 0 saturated carbocycles. The van der Waals surface area contributed by atoms with E-state index in [-0.39, 0.29) is 10.5 Å². The van der Waals surface area contributed by atoms with Gasteiger partial charge in [-0.1, -0.05) is 42.5 Å². The Bertz CT molecular complexity index is 1160. The van der Waals surface area contributed by atoms with E-state index in [1.807, 2.05) is 42.5 Å². The van der Waals surface area contributed by atoms with Gasteiger partial charge < -0.3 is 10.1 Å². The van der Waals surface area contributed by atoms with E-state index >= 15 is 0 Å². The predicted molar refractivity (Wildman–Crippen MR) is 118 cm³/mol. The van der Waals surface area contributed by atoms with Gasteiger partial charge in [-0.3, -0.25) is 4.79 Å². The minimum absolute atomic E-state index is 0.0609. The van der Waals surface area contributed by atoms with Crippen molar-refractivity contribution in [3.8, 4) is 11.1 Å². The first-order chi connectivity index (χ1) is 14.8. The second-order valence-electron chi connectivity index (χ2n) is 6.88. The molecule has 0 spiro atoms. The Morgan fingerprint density at radius 2 is 1.42 bits per heavy atom. The molecular formula is C23H22N2O5S. The zero-order chi connectivity index (χ0) is 22.4. The van der Waals surface area contributed by atoms with Crippen LogP contribution in [0.2, 0.25) is 0 Å². The minimum Gasteiger partial charge on any atom is -0.452 e. The Kier molecular flexibility index (Phi) is 6.84. The van der Waals surface area contributed by atoms with E-state index in [4.69, 9.17) is 4.74 Å². The molecule has 0 heterocycles. The van der Waals surface area contributed by atoms with Crippen molar-refractivity contribution >= 4 is 27.6 Å². The Morgan fingerprint density at radius 3 is 2.00 bits per heavy atom. The lowest BCUT2D eigenvalue weighted by Crippen LogP contribution is -2.22. The second kappa shape index (κ2) is 9.55. The van der Waals surface area contributed by atoms with Crippen LogP contribution < -0.4 is 5.32 Å². The first kappa shape index (κ1) is 22.2. The lowest BCUT2D eigenvalue weighted by atomic mass is 10.1. The molecule has 160 valence electrons. The van der Waals surface area contributed by atoms with Crippen molar-refractivity contribution in [1.29, 1.82) is 0 Å². The van der Waals surface area contributed by atoms with E-state index < -0.39 is 28.5 Å². The molecule has 31 heavy (non-hydrogen) atoms. The molecule has 7 nitrogen and oxygen atoms in total. The van der Waals surface area contributed by atoms with Gasteiger partial charge in [0.25, 0.3) is 5.91 Å². The predicted octanol–water partition coefficient (Wildman–Crippen LogP) is 3.40. The van der Waals surface area contributed by atoms with Crippen LogP contribution in [-0.2, 0) is 19.6 Å². The van der Waals surface area contributed by atoms with Crippen LogP contribution in [0.4, 0.5) is 5.69 Å². The van der Waals surface area contributed by atoms with Crippen LogP contribution in [0, 0.1) is 0 Å². The summed E-state index contributed by atoms with van der Waals surface area (Å²) in [5, 5.41) is 2.67. The number of ether oxygens (including phenoxy) is 1. The van der Waals surface area contributed by atoms with Crippen LogP contribution in [0.15, 0.2) is 83.8 Å². The van der Waals surface area contributed by atoms with E-state index in [0.717, 1.165) is 15.4 Å². The number of hydrogen-bond donors (Lipinski definition) is 1. The summed E-state index contributed by atoms with van der Waals surface area (Å²) in [5.74, 6) is -1.20. The maximum absolute atomic E-state index is 12.1. The number of anilines is 1. The van der Waals surface area contributed by atoms with Crippen LogP contribution in [-0.4, -0.2) is 45.3 Å². The third-order valence-electron chi connectivity index (χ3n) is 4.48. The summed E-state index contributed by atoms with van der Waals surface area (Å²) < 4.78 is 30.2. The van der Waals surface area contributed by atoms with Gasteiger partial charge in [-0.25, -0.2) is 17.5 Å². The summed E-state index contributed by atoms with van der Waals surface area (Å²) in [4.78, 5) is 24.3. The number of hydrogen-bond acceptors (Lipinski definition) is 5. The first-order valence-electron chi connectivity index (χ1n) is 9.42. The molecule has 1 amide bonds. The maximum atomic E-state index is 12.1. The number of nitrogens with one attached hydrogen (secondary N) is 1. The summed E-state index contributed by atoms with van der Waals surface area (Å²) in [6.07, 6.45) is 0. The molecule has 1 N–H and O–H groups in total. The molecule has 0 fully saturated rings. The van der Waals surface area contributed by atoms with Crippen LogP contribution >= 0.6 is 0 Å². The lowest BCUT2D eigenvalue weighted by Gasteiger charge is -2.11. The summed E-state index contributed by atoms with van der Waals surface area (Å²) in [6, 6.07) is 22.5. The van der Waals surface area contributed by atoms with Crippen molar-refractivity contribution in [1.82, 2.24) is 4.31 Å². The van der Waals surface area contributed by atoms with E-state index in [2.05, 4.69) is 5.32 Å². The molecular weight excluding hydrogens is 416 g/mol. The number of carbonyl (C=O) groups excluding carboxylic acids is 2. The Labute approximate surface area is 181 Å². The van der Waals surface area contributed by atoms with Crippen molar-refractivity contribution in [3.05, 3.63) is 84.4 Å². The van der Waals surface area contributed by atoms with Crippen molar-refractivity contribution < 1.29 is 22.7 Å². The highest BCUT2D eigenvalue weighted by Crippen LogP contribution is 2.21. The summed E-state index contributed by atoms with van der Waals surface area (Å²) in [5.41, 5.74) is 2.82. The van der Waals surface area contributed by atoms with Gasteiger partial charge in [-0.2, -0.15) is 0 Å². The molecule has 0 atom stereocenters. The van der Waals surface area contributed by atoms with Gasteiger partial charge in [0, 0.05) is 19.8 Å². The molecule has 3 rings (SSSR count). The molecule has 0 saturated heterocycles. The Balaban J connectivity index is 1.54. The summed E-state index contributed by atoms with van der Waals surface area (Å²) in [6.45, 7) is -0.461. The van der Waals surface area contributed by atoms with E-state index in [1.165, 1.54) is 38.4 Å². The van der Waals surface area contributed by atoms with Crippen molar-refractivity contribution in [3.63, 3.8) is 0 Å². The van der Waals surface area contributed by atoms with Crippen LogP contribution in [0.5, 0.6) is 0 Å². The highest BCUT2D eigenvalue weighted by molar-refractivity contribution is 7.89. The quantitative estimate of drug-likeness (QED) is 0.571. The number of nitrogens with zero attached hydrogens (tertiary/aromatic N) is 1. The van der Waals surface area contributed by atoms with Gasteiger partial charge in [-0.05, 0) is 47.5 Å². The molecule has 0 aromatic heterocycles. The molecule has 0 unspecified atom stereocenters. The smallest absolute Gasteiger partial charge is 0.338 e. The highest BCUT2D eigenvalue weighted by Gasteiger charge is 2.18. The molecule has 3 aromatic rings. The van der Waals surface area contributed by atoms with Gasteiger partial charge in [0.05, 0.1) is 10.5 Å². The monoisotopic (exact) mass is 438 g/mol.